The largest absolute Gasteiger partial charge is 0.309 e. The molecule has 5 heterocycles. The minimum absolute atomic E-state index is 0.588. The van der Waals surface area contributed by atoms with Crippen LogP contribution in [-0.2, 0) is 0 Å². The molecule has 0 amide bonds. The molecule has 0 bridgehead atoms. The summed E-state index contributed by atoms with van der Waals surface area (Å²) in [5, 5.41) is 9.60. The fourth-order valence-corrected chi connectivity index (χ4v) is 12.5. The van der Waals surface area contributed by atoms with Crippen LogP contribution < -0.4 is 0 Å². The third-order valence-electron chi connectivity index (χ3n) is 15.9. The maximum absolute atomic E-state index is 5.64. The summed E-state index contributed by atoms with van der Waals surface area (Å²) in [7, 11) is 0. The first kappa shape index (κ1) is 44.0. The van der Waals surface area contributed by atoms with Gasteiger partial charge in [0.1, 0.15) is 0 Å². The van der Waals surface area contributed by atoms with Gasteiger partial charge in [-0.3, -0.25) is 0 Å². The highest BCUT2D eigenvalue weighted by molar-refractivity contribution is 6.14. The second kappa shape index (κ2) is 17.1. The van der Waals surface area contributed by atoms with E-state index >= 15 is 0 Å². The van der Waals surface area contributed by atoms with Gasteiger partial charge < -0.3 is 18.3 Å². The molecule has 0 aliphatic carbocycles. The minimum atomic E-state index is 0.588. The molecule has 0 radical (unpaired) electrons. The van der Waals surface area contributed by atoms with E-state index in [-0.39, 0.29) is 0 Å². The lowest BCUT2D eigenvalue weighted by atomic mass is 10.1. The highest BCUT2D eigenvalue weighted by atomic mass is 15.1. The zero-order valence-electron chi connectivity index (χ0n) is 42.8. The molecule has 78 heavy (non-hydrogen) atoms. The van der Waals surface area contributed by atoms with Gasteiger partial charge >= 0.3 is 0 Å². The Hall–Kier alpha value is -10.4. The Morgan fingerprint density at radius 1 is 0.244 bits per heavy atom. The van der Waals surface area contributed by atoms with Gasteiger partial charge in [0.2, 0.25) is 0 Å². The standard InChI is InChI=1S/C71H47N7/c1-44-32-38-65(77-63-30-16-10-24-53(63)55-36-34-47(42-67(55)77)75-59-26-12-6-20-49(59)50-21-7-13-27-60(50)75)57(40-44)70-72-69(46-18-4-3-5-19-46)73-71(74-70)58-41-45(2)33-39-66(58)78-64-31-17-11-25-54(64)56-37-35-48(43-68(56)78)76-61-28-14-8-22-51(61)52-23-9-15-29-62(52)76/h3-43H,1-2H3. The van der Waals surface area contributed by atoms with Crippen molar-refractivity contribution in [3.8, 4) is 56.9 Å². The zero-order valence-corrected chi connectivity index (χ0v) is 42.8. The third kappa shape index (κ3) is 6.61. The first-order chi connectivity index (χ1) is 38.5. The average Bonchev–Trinajstić information content (AvgIpc) is 4.41. The number of rotatable bonds is 7. The van der Waals surface area contributed by atoms with Gasteiger partial charge in [-0.25, -0.2) is 15.0 Å². The molecule has 16 aromatic rings. The van der Waals surface area contributed by atoms with Crippen LogP contribution in [0.5, 0.6) is 0 Å². The summed E-state index contributed by atoms with van der Waals surface area (Å²) in [6, 6.07) is 89.7. The van der Waals surface area contributed by atoms with E-state index in [0.29, 0.717) is 17.5 Å². The summed E-state index contributed by atoms with van der Waals surface area (Å²) in [5.74, 6) is 1.78. The molecule has 0 N–H and O–H groups in total. The maximum atomic E-state index is 5.64. The predicted octanol–water partition coefficient (Wildman–Crippen LogP) is 17.9. The Bertz CT molecular complexity index is 4720. The Labute approximate surface area is 448 Å². The second-order valence-electron chi connectivity index (χ2n) is 20.6. The van der Waals surface area contributed by atoms with Gasteiger partial charge in [-0.05, 0) is 98.8 Å². The molecular formula is C71H47N7. The Kier molecular flexibility index (Phi) is 9.63. The number of hydrogen-bond acceptors (Lipinski definition) is 3. The predicted molar refractivity (Wildman–Crippen MR) is 323 cm³/mol. The molecule has 0 atom stereocenters. The van der Waals surface area contributed by atoms with E-state index in [0.717, 1.165) is 72.6 Å². The minimum Gasteiger partial charge on any atom is -0.309 e. The van der Waals surface area contributed by atoms with E-state index in [9.17, 15) is 0 Å². The Balaban J connectivity index is 0.937. The van der Waals surface area contributed by atoms with Crippen LogP contribution in [0.2, 0.25) is 0 Å². The fourth-order valence-electron chi connectivity index (χ4n) is 12.5. The smallest absolute Gasteiger partial charge is 0.166 e. The van der Waals surface area contributed by atoms with Crippen molar-refractivity contribution >= 4 is 87.2 Å². The van der Waals surface area contributed by atoms with Crippen molar-refractivity contribution in [1.82, 2.24) is 33.2 Å². The summed E-state index contributed by atoms with van der Waals surface area (Å²) in [6.07, 6.45) is 0. The number of aryl methyl sites for hydroxylation is 2. The van der Waals surface area contributed by atoms with Crippen LogP contribution >= 0.6 is 0 Å². The van der Waals surface area contributed by atoms with Crippen molar-refractivity contribution in [2.45, 2.75) is 13.8 Å². The number of benzene rings is 11. The van der Waals surface area contributed by atoms with Crippen LogP contribution in [0.4, 0.5) is 0 Å². The van der Waals surface area contributed by atoms with E-state index in [2.05, 4.69) is 263 Å². The highest BCUT2D eigenvalue weighted by Crippen LogP contribution is 2.42. The molecule has 0 saturated heterocycles. The quantitative estimate of drug-likeness (QED) is 0.160. The SMILES string of the molecule is Cc1ccc(-n2c3ccccc3c3ccc(-n4c5ccccc5c5ccccc54)cc32)c(-c2nc(-c3ccccc3)nc(-c3cc(C)ccc3-n3c4ccccc4c4ccc(-n5c6ccccc6c6ccccc65)cc43)n2)c1. The lowest BCUT2D eigenvalue weighted by molar-refractivity contribution is 1.05. The van der Waals surface area contributed by atoms with E-state index in [1.54, 1.807) is 0 Å². The summed E-state index contributed by atoms with van der Waals surface area (Å²) in [5.41, 5.74) is 18.1. The van der Waals surface area contributed by atoms with Gasteiger partial charge in [0.15, 0.2) is 17.5 Å². The normalized spacial score (nSPS) is 12.0. The van der Waals surface area contributed by atoms with Gasteiger partial charge in [0.05, 0.1) is 55.5 Å². The number of hydrogen-bond donors (Lipinski definition) is 0. The van der Waals surface area contributed by atoms with E-state index in [1.807, 2.05) is 18.2 Å². The van der Waals surface area contributed by atoms with E-state index in [1.165, 1.54) is 65.2 Å². The van der Waals surface area contributed by atoms with Gasteiger partial charge in [0.25, 0.3) is 0 Å². The fraction of sp³-hybridized carbons (Fsp3) is 0.0282. The first-order valence-corrected chi connectivity index (χ1v) is 26.6. The molecule has 0 saturated carbocycles. The molecular weight excluding hydrogens is 951 g/mol. The van der Waals surface area contributed by atoms with Crippen molar-refractivity contribution < 1.29 is 0 Å². The van der Waals surface area contributed by atoms with Crippen LogP contribution in [0, 0.1) is 13.8 Å². The van der Waals surface area contributed by atoms with Crippen LogP contribution in [0.15, 0.2) is 249 Å². The summed E-state index contributed by atoms with van der Waals surface area (Å²) >= 11 is 0. The zero-order chi connectivity index (χ0) is 51.6. The third-order valence-corrected chi connectivity index (χ3v) is 15.9. The number of aromatic nitrogens is 7. The summed E-state index contributed by atoms with van der Waals surface area (Å²) < 4.78 is 9.61. The topological polar surface area (TPSA) is 58.4 Å². The van der Waals surface area contributed by atoms with Gasteiger partial charge in [-0.1, -0.05) is 175 Å². The monoisotopic (exact) mass is 997 g/mol. The van der Waals surface area contributed by atoms with Crippen molar-refractivity contribution in [2.24, 2.45) is 0 Å². The molecule has 11 aromatic carbocycles. The average molecular weight is 998 g/mol. The molecule has 0 unspecified atom stereocenters. The number of nitrogens with zero attached hydrogens (tertiary/aromatic N) is 7. The lowest BCUT2D eigenvalue weighted by Crippen LogP contribution is -2.06. The molecule has 366 valence electrons. The molecule has 5 aromatic heterocycles. The molecule has 0 aliphatic rings. The molecule has 0 fully saturated rings. The van der Waals surface area contributed by atoms with Crippen LogP contribution in [0.1, 0.15) is 11.1 Å². The first-order valence-electron chi connectivity index (χ1n) is 26.6. The van der Waals surface area contributed by atoms with E-state index in [4.69, 9.17) is 15.0 Å². The number of para-hydroxylation sites is 6. The molecule has 0 aliphatic heterocycles. The second-order valence-corrected chi connectivity index (χ2v) is 20.6. The Morgan fingerprint density at radius 3 is 0.923 bits per heavy atom. The molecule has 0 spiro atoms. The van der Waals surface area contributed by atoms with Crippen molar-refractivity contribution in [3.63, 3.8) is 0 Å². The summed E-state index contributed by atoms with van der Waals surface area (Å²) in [4.78, 5) is 16.5. The van der Waals surface area contributed by atoms with Crippen LogP contribution in [0.3, 0.4) is 0 Å². The van der Waals surface area contributed by atoms with E-state index < -0.39 is 0 Å². The lowest BCUT2D eigenvalue weighted by Gasteiger charge is -2.18. The summed E-state index contributed by atoms with van der Waals surface area (Å²) in [6.45, 7) is 4.29. The van der Waals surface area contributed by atoms with Gasteiger partial charge in [0, 0.05) is 71.2 Å². The van der Waals surface area contributed by atoms with Crippen LogP contribution in [0.25, 0.3) is 144 Å². The molecule has 16 rings (SSSR count). The maximum Gasteiger partial charge on any atom is 0.166 e. The van der Waals surface area contributed by atoms with Gasteiger partial charge in [-0.2, -0.15) is 0 Å². The number of fused-ring (bicyclic) bond motifs is 12. The molecule has 7 heteroatoms. The Morgan fingerprint density at radius 2 is 0.551 bits per heavy atom. The van der Waals surface area contributed by atoms with Crippen molar-refractivity contribution in [3.05, 3.63) is 260 Å². The highest BCUT2D eigenvalue weighted by Gasteiger charge is 2.24. The van der Waals surface area contributed by atoms with Crippen LogP contribution in [-0.4, -0.2) is 33.2 Å². The van der Waals surface area contributed by atoms with Crippen molar-refractivity contribution in [2.75, 3.05) is 0 Å². The molecule has 7 nitrogen and oxygen atoms in total. The van der Waals surface area contributed by atoms with Gasteiger partial charge in [-0.15, -0.1) is 0 Å². The van der Waals surface area contributed by atoms with Crippen molar-refractivity contribution in [1.29, 1.82) is 0 Å².